The van der Waals surface area contributed by atoms with Crippen molar-refractivity contribution in [1.82, 2.24) is 13.7 Å². The van der Waals surface area contributed by atoms with Crippen LogP contribution in [0.5, 0.6) is 0 Å². The number of aromatic nitrogens is 3. The Morgan fingerprint density at radius 3 is 1.02 bits per heavy atom. The fourth-order valence-electron chi connectivity index (χ4n) is 8.63. The van der Waals surface area contributed by atoms with Gasteiger partial charge in [-0.3, -0.25) is 0 Å². The van der Waals surface area contributed by atoms with Crippen molar-refractivity contribution in [2.75, 3.05) is 0 Å². The average Bonchev–Trinajstić information content (AvgIpc) is 3.84. The molecule has 8 aromatic carbocycles. The van der Waals surface area contributed by atoms with E-state index in [9.17, 15) is 0 Å². The molecular weight excluding hydrogens is 643 g/mol. The average molecular weight is 678 g/mol. The molecule has 0 aliphatic carbocycles. The fourth-order valence-corrected chi connectivity index (χ4v) is 8.63. The maximum atomic E-state index is 2.43. The van der Waals surface area contributed by atoms with Crippen molar-refractivity contribution in [3.05, 3.63) is 187 Å². The lowest BCUT2D eigenvalue weighted by atomic mass is 10.0. The highest BCUT2D eigenvalue weighted by molar-refractivity contribution is 6.14. The highest BCUT2D eigenvalue weighted by Gasteiger charge is 2.18. The number of hydrogen-bond donors (Lipinski definition) is 0. The Morgan fingerprint density at radius 1 is 0.264 bits per heavy atom. The summed E-state index contributed by atoms with van der Waals surface area (Å²) in [6.07, 6.45) is 0. The lowest BCUT2D eigenvalue weighted by molar-refractivity contribution is 1.16. The Balaban J connectivity index is 1.09. The van der Waals surface area contributed by atoms with Crippen LogP contribution in [0.3, 0.4) is 0 Å². The molecule has 0 spiro atoms. The molecular formula is C50H35N3. The van der Waals surface area contributed by atoms with Crippen molar-refractivity contribution in [2.24, 2.45) is 0 Å². The first kappa shape index (κ1) is 29.8. The first-order chi connectivity index (χ1) is 26.1. The Bertz CT molecular complexity index is 3220. The maximum absolute atomic E-state index is 2.43. The van der Waals surface area contributed by atoms with Crippen molar-refractivity contribution >= 4 is 65.4 Å². The molecule has 11 rings (SSSR count). The molecule has 0 amide bonds. The highest BCUT2D eigenvalue weighted by atomic mass is 15.0. The van der Waals surface area contributed by atoms with Crippen LogP contribution >= 0.6 is 0 Å². The van der Waals surface area contributed by atoms with E-state index in [0.717, 1.165) is 5.69 Å². The molecule has 0 fully saturated rings. The summed E-state index contributed by atoms with van der Waals surface area (Å²) in [7, 11) is 0. The molecule has 0 unspecified atom stereocenters. The molecule has 3 nitrogen and oxygen atoms in total. The third kappa shape index (κ3) is 4.47. The van der Waals surface area contributed by atoms with Crippen LogP contribution in [-0.4, -0.2) is 13.7 Å². The summed E-state index contributed by atoms with van der Waals surface area (Å²) < 4.78 is 7.21. The predicted octanol–water partition coefficient (Wildman–Crippen LogP) is 13.3. The molecule has 250 valence electrons. The number of aryl methyl sites for hydroxylation is 2. The number of hydrogen-bond acceptors (Lipinski definition) is 0. The minimum absolute atomic E-state index is 1.16. The molecule has 3 heterocycles. The Hall–Kier alpha value is -6.84. The molecule has 11 aromatic rings. The first-order valence-electron chi connectivity index (χ1n) is 18.4. The van der Waals surface area contributed by atoms with Gasteiger partial charge in [0.2, 0.25) is 0 Å². The van der Waals surface area contributed by atoms with Gasteiger partial charge in [0.1, 0.15) is 0 Å². The van der Waals surface area contributed by atoms with Gasteiger partial charge in [-0.1, -0.05) is 102 Å². The van der Waals surface area contributed by atoms with Crippen LogP contribution in [-0.2, 0) is 0 Å². The SMILES string of the molecule is Cc1ccc(-n2c3ccccc3c3cc(-c4ccc5c(c4)c4ccccc4n5-c4ccc5c(c4)c4ccccc4n5-c4ccc(C)cc4)ccc32)cc1. The Labute approximate surface area is 307 Å². The van der Waals surface area contributed by atoms with E-state index in [-0.39, 0.29) is 0 Å². The summed E-state index contributed by atoms with van der Waals surface area (Å²) in [6, 6.07) is 64.9. The number of benzene rings is 8. The minimum atomic E-state index is 1.16. The summed E-state index contributed by atoms with van der Waals surface area (Å²) in [6.45, 7) is 4.28. The van der Waals surface area contributed by atoms with E-state index < -0.39 is 0 Å². The van der Waals surface area contributed by atoms with E-state index >= 15 is 0 Å². The molecule has 0 atom stereocenters. The number of fused-ring (bicyclic) bond motifs is 9. The van der Waals surface area contributed by atoms with E-state index in [2.05, 4.69) is 203 Å². The molecule has 3 heteroatoms. The third-order valence-corrected chi connectivity index (χ3v) is 11.2. The molecule has 0 radical (unpaired) electrons. The molecule has 53 heavy (non-hydrogen) atoms. The third-order valence-electron chi connectivity index (χ3n) is 11.2. The Morgan fingerprint density at radius 2 is 0.585 bits per heavy atom. The topological polar surface area (TPSA) is 14.8 Å². The van der Waals surface area contributed by atoms with Crippen LogP contribution in [0.15, 0.2) is 176 Å². The van der Waals surface area contributed by atoms with E-state index in [4.69, 9.17) is 0 Å². The molecule has 3 aromatic heterocycles. The van der Waals surface area contributed by atoms with Gasteiger partial charge in [-0.15, -0.1) is 0 Å². The smallest absolute Gasteiger partial charge is 0.0542 e. The quantitative estimate of drug-likeness (QED) is 0.176. The molecule has 0 saturated heterocycles. The highest BCUT2D eigenvalue weighted by Crippen LogP contribution is 2.40. The van der Waals surface area contributed by atoms with Gasteiger partial charge in [-0.25, -0.2) is 0 Å². The van der Waals surface area contributed by atoms with Gasteiger partial charge in [-0.2, -0.15) is 0 Å². The van der Waals surface area contributed by atoms with Crippen molar-refractivity contribution in [2.45, 2.75) is 13.8 Å². The zero-order valence-electron chi connectivity index (χ0n) is 29.6. The van der Waals surface area contributed by atoms with Gasteiger partial charge < -0.3 is 13.7 Å². The molecule has 0 N–H and O–H groups in total. The minimum Gasteiger partial charge on any atom is -0.309 e. The standard InChI is InChI=1S/C50H35N3/c1-32-15-21-36(22-16-32)51-45-12-6-3-9-39(45)42-29-34(19-26-48(42)51)35-20-27-49-43(30-35)40-10-4-8-14-47(40)53(49)38-25-28-50-44(31-38)41-11-5-7-13-46(41)52(50)37-23-17-33(2)18-24-37/h3-31H,1-2H3. The number of para-hydroxylation sites is 3. The second-order valence-corrected chi connectivity index (χ2v) is 14.4. The monoisotopic (exact) mass is 677 g/mol. The Kier molecular flexibility index (Phi) is 6.38. The van der Waals surface area contributed by atoms with Crippen LogP contribution in [0.1, 0.15) is 11.1 Å². The van der Waals surface area contributed by atoms with E-state index in [0.29, 0.717) is 0 Å². The van der Waals surface area contributed by atoms with E-state index in [1.165, 1.54) is 99.0 Å². The second kappa shape index (κ2) is 11.3. The largest absolute Gasteiger partial charge is 0.309 e. The maximum Gasteiger partial charge on any atom is 0.0542 e. The zero-order valence-corrected chi connectivity index (χ0v) is 29.6. The first-order valence-corrected chi connectivity index (χ1v) is 18.4. The molecule has 0 aliphatic heterocycles. The molecule has 0 saturated carbocycles. The lowest BCUT2D eigenvalue weighted by Gasteiger charge is -2.11. The number of rotatable bonds is 4. The fraction of sp³-hybridized carbons (Fsp3) is 0.0400. The zero-order chi connectivity index (χ0) is 35.2. The van der Waals surface area contributed by atoms with Crippen molar-refractivity contribution in [3.8, 4) is 28.2 Å². The van der Waals surface area contributed by atoms with Crippen molar-refractivity contribution in [3.63, 3.8) is 0 Å². The normalized spacial score (nSPS) is 12.0. The van der Waals surface area contributed by atoms with Gasteiger partial charge >= 0.3 is 0 Å². The molecule has 0 aliphatic rings. The van der Waals surface area contributed by atoms with Crippen LogP contribution < -0.4 is 0 Å². The van der Waals surface area contributed by atoms with Crippen LogP contribution in [0.2, 0.25) is 0 Å². The summed E-state index contributed by atoms with van der Waals surface area (Å²) in [5.74, 6) is 0. The summed E-state index contributed by atoms with van der Waals surface area (Å²) in [5.41, 5.74) is 15.8. The van der Waals surface area contributed by atoms with E-state index in [1.807, 2.05) is 0 Å². The number of nitrogens with zero attached hydrogens (tertiary/aromatic N) is 3. The van der Waals surface area contributed by atoms with Crippen molar-refractivity contribution in [1.29, 1.82) is 0 Å². The lowest BCUT2D eigenvalue weighted by Crippen LogP contribution is -1.96. The van der Waals surface area contributed by atoms with Gasteiger partial charge in [0, 0.05) is 49.4 Å². The van der Waals surface area contributed by atoms with Gasteiger partial charge in [0.15, 0.2) is 0 Å². The summed E-state index contributed by atoms with van der Waals surface area (Å²) in [5, 5.41) is 7.54. The van der Waals surface area contributed by atoms with Gasteiger partial charge in [0.05, 0.1) is 33.1 Å². The van der Waals surface area contributed by atoms with Gasteiger partial charge in [0.25, 0.3) is 0 Å². The van der Waals surface area contributed by atoms with Crippen LogP contribution in [0, 0.1) is 13.8 Å². The molecule has 0 bridgehead atoms. The van der Waals surface area contributed by atoms with Crippen molar-refractivity contribution < 1.29 is 0 Å². The van der Waals surface area contributed by atoms with Crippen LogP contribution in [0.25, 0.3) is 93.6 Å². The predicted molar refractivity (Wildman–Crippen MR) is 224 cm³/mol. The summed E-state index contributed by atoms with van der Waals surface area (Å²) in [4.78, 5) is 0. The van der Waals surface area contributed by atoms with Crippen LogP contribution in [0.4, 0.5) is 0 Å². The van der Waals surface area contributed by atoms with Gasteiger partial charge in [-0.05, 0) is 110 Å². The summed E-state index contributed by atoms with van der Waals surface area (Å²) >= 11 is 0. The van der Waals surface area contributed by atoms with E-state index in [1.54, 1.807) is 0 Å². The second-order valence-electron chi connectivity index (χ2n) is 14.4.